The van der Waals surface area contributed by atoms with Crippen LogP contribution in [0.5, 0.6) is 0 Å². The largest absolute Gasteiger partial charge is 0.356 e. The summed E-state index contributed by atoms with van der Waals surface area (Å²) in [7, 11) is 0. The Morgan fingerprint density at radius 3 is 2.79 bits per heavy atom. The molecule has 1 amide bonds. The predicted molar refractivity (Wildman–Crippen MR) is 93.4 cm³/mol. The molecule has 1 unspecified atom stereocenters. The van der Waals surface area contributed by atoms with E-state index in [-0.39, 0.29) is 0 Å². The normalized spacial score (nSPS) is 22.4. The van der Waals surface area contributed by atoms with E-state index < -0.39 is 5.95 Å². The number of pyridine rings is 1. The fourth-order valence-corrected chi connectivity index (χ4v) is 4.15. The van der Waals surface area contributed by atoms with Gasteiger partial charge in [0.2, 0.25) is 12.4 Å². The zero-order valence-electron chi connectivity index (χ0n) is 14.4. The minimum Gasteiger partial charge on any atom is -0.356 e. The highest BCUT2D eigenvalue weighted by Crippen LogP contribution is 2.26. The molecule has 5 heteroatoms. The van der Waals surface area contributed by atoms with Crippen LogP contribution in [0, 0.1) is 11.9 Å². The Bertz CT molecular complexity index is 533. The summed E-state index contributed by atoms with van der Waals surface area (Å²) in [6.45, 7) is 2.70. The zero-order chi connectivity index (χ0) is 16.8. The van der Waals surface area contributed by atoms with E-state index in [0.717, 1.165) is 57.5 Å². The van der Waals surface area contributed by atoms with Crippen LogP contribution in [-0.4, -0.2) is 42.0 Å². The van der Waals surface area contributed by atoms with E-state index in [9.17, 15) is 9.18 Å². The summed E-state index contributed by atoms with van der Waals surface area (Å²) in [6, 6.07) is 5.43. The number of anilines is 1. The lowest BCUT2D eigenvalue weighted by molar-refractivity contribution is -0.121. The molecular formula is C19H28FN3O. The van der Waals surface area contributed by atoms with Gasteiger partial charge in [0.05, 0.1) is 0 Å². The van der Waals surface area contributed by atoms with E-state index in [1.54, 1.807) is 6.07 Å². The minimum atomic E-state index is -0.418. The first-order valence-corrected chi connectivity index (χ1v) is 9.35. The molecule has 0 radical (unpaired) electrons. The Morgan fingerprint density at radius 1 is 1.21 bits per heavy atom. The fraction of sp³-hybridized carbons (Fsp3) is 0.684. The van der Waals surface area contributed by atoms with Crippen molar-refractivity contribution in [2.24, 2.45) is 5.92 Å². The molecule has 2 aliphatic rings. The molecule has 4 nitrogen and oxygen atoms in total. The quantitative estimate of drug-likeness (QED) is 0.589. The number of carbonyl (C=O) groups is 1. The van der Waals surface area contributed by atoms with Crippen molar-refractivity contribution in [1.82, 2.24) is 9.88 Å². The van der Waals surface area contributed by atoms with Gasteiger partial charge in [-0.2, -0.15) is 4.39 Å². The Balaban J connectivity index is 1.52. The number of amides is 1. The smallest absolute Gasteiger partial charge is 0.214 e. The van der Waals surface area contributed by atoms with Gasteiger partial charge in [0.1, 0.15) is 5.82 Å². The van der Waals surface area contributed by atoms with E-state index in [2.05, 4.69) is 9.88 Å². The van der Waals surface area contributed by atoms with E-state index in [1.807, 2.05) is 11.0 Å². The number of piperidine rings is 1. The van der Waals surface area contributed by atoms with Gasteiger partial charge in [0.25, 0.3) is 0 Å². The lowest BCUT2D eigenvalue weighted by Gasteiger charge is -2.36. The van der Waals surface area contributed by atoms with Crippen LogP contribution in [0.1, 0.15) is 51.4 Å². The van der Waals surface area contributed by atoms with Gasteiger partial charge in [0, 0.05) is 25.7 Å². The maximum absolute atomic E-state index is 13.3. The van der Waals surface area contributed by atoms with Gasteiger partial charge in [0.15, 0.2) is 0 Å². The van der Waals surface area contributed by atoms with E-state index in [1.165, 1.54) is 31.7 Å². The van der Waals surface area contributed by atoms with Gasteiger partial charge in [-0.1, -0.05) is 25.3 Å². The van der Waals surface area contributed by atoms with E-state index >= 15 is 0 Å². The highest BCUT2D eigenvalue weighted by molar-refractivity contribution is 5.47. The third kappa shape index (κ3) is 4.46. The van der Waals surface area contributed by atoms with Crippen molar-refractivity contribution in [2.45, 2.75) is 57.4 Å². The van der Waals surface area contributed by atoms with Crippen molar-refractivity contribution < 1.29 is 9.18 Å². The maximum atomic E-state index is 13.3. The van der Waals surface area contributed by atoms with E-state index in [4.69, 9.17) is 0 Å². The zero-order valence-corrected chi connectivity index (χ0v) is 14.4. The fourth-order valence-electron chi connectivity index (χ4n) is 4.15. The van der Waals surface area contributed by atoms with Crippen molar-refractivity contribution in [2.75, 3.05) is 24.5 Å². The molecule has 1 saturated heterocycles. The number of carbonyl (C=O) groups excluding carboxylic acids is 1. The highest BCUT2D eigenvalue weighted by Gasteiger charge is 2.24. The summed E-state index contributed by atoms with van der Waals surface area (Å²) < 4.78 is 13.3. The van der Waals surface area contributed by atoms with Crippen LogP contribution in [0.25, 0.3) is 0 Å². The second-order valence-corrected chi connectivity index (χ2v) is 7.20. The molecule has 132 valence electrons. The summed E-state index contributed by atoms with van der Waals surface area (Å²) in [4.78, 5) is 19.7. The Morgan fingerprint density at radius 2 is 2.04 bits per heavy atom. The monoisotopic (exact) mass is 333 g/mol. The molecule has 1 saturated carbocycles. The maximum Gasteiger partial charge on any atom is 0.214 e. The highest BCUT2D eigenvalue weighted by atomic mass is 19.1. The first-order chi connectivity index (χ1) is 11.8. The topological polar surface area (TPSA) is 36.4 Å². The number of hydrogen-bond acceptors (Lipinski definition) is 3. The molecule has 1 atom stereocenters. The summed E-state index contributed by atoms with van der Waals surface area (Å²) >= 11 is 0. The van der Waals surface area contributed by atoms with Gasteiger partial charge >= 0.3 is 0 Å². The molecule has 1 aromatic rings. The average molecular weight is 333 g/mol. The van der Waals surface area contributed by atoms with Crippen LogP contribution < -0.4 is 4.90 Å². The van der Waals surface area contributed by atoms with Crippen molar-refractivity contribution in [3.05, 3.63) is 24.1 Å². The molecule has 2 heterocycles. The molecule has 1 aliphatic carbocycles. The molecule has 3 rings (SSSR count). The number of nitrogens with zero attached hydrogens (tertiary/aromatic N) is 3. The van der Waals surface area contributed by atoms with Crippen LogP contribution in [-0.2, 0) is 4.79 Å². The molecule has 0 N–H and O–H groups in total. The first-order valence-electron chi connectivity index (χ1n) is 9.35. The number of rotatable bonds is 6. The summed E-state index contributed by atoms with van der Waals surface area (Å²) in [5.41, 5.74) is 0. The standard InChI is InChI=1S/C19H28FN3O/c20-18-9-4-10-19(21-18)22-12-5-6-16(14-22)11-13-23(15-24)17-7-2-1-3-8-17/h4,9-10,15-17H,1-3,5-8,11-14H2. The van der Waals surface area contributed by atoms with Crippen LogP contribution >= 0.6 is 0 Å². The van der Waals surface area contributed by atoms with Crippen LogP contribution in [0.2, 0.25) is 0 Å². The van der Waals surface area contributed by atoms with Crippen LogP contribution in [0.3, 0.4) is 0 Å². The molecule has 1 aromatic heterocycles. The molecular weight excluding hydrogens is 305 g/mol. The van der Waals surface area contributed by atoms with Crippen molar-refractivity contribution >= 4 is 12.2 Å². The lowest BCUT2D eigenvalue weighted by atomic mass is 9.92. The van der Waals surface area contributed by atoms with Crippen molar-refractivity contribution in [3.8, 4) is 0 Å². The average Bonchev–Trinajstić information content (AvgIpc) is 2.63. The van der Waals surface area contributed by atoms with Gasteiger partial charge in [-0.05, 0) is 50.2 Å². The third-order valence-electron chi connectivity index (χ3n) is 5.52. The van der Waals surface area contributed by atoms with Gasteiger partial charge in [-0.25, -0.2) is 4.98 Å². The molecule has 2 fully saturated rings. The predicted octanol–water partition coefficient (Wildman–Crippen LogP) is 3.62. The summed E-state index contributed by atoms with van der Waals surface area (Å²) in [5.74, 6) is 0.869. The lowest BCUT2D eigenvalue weighted by Crippen LogP contribution is -2.40. The Kier molecular flexibility index (Phi) is 6.05. The summed E-state index contributed by atoms with van der Waals surface area (Å²) in [6.07, 6.45) is 10.5. The number of halogens is 1. The molecule has 0 bridgehead atoms. The van der Waals surface area contributed by atoms with Crippen LogP contribution in [0.15, 0.2) is 18.2 Å². The number of hydrogen-bond donors (Lipinski definition) is 0. The third-order valence-corrected chi connectivity index (χ3v) is 5.52. The van der Waals surface area contributed by atoms with Crippen LogP contribution in [0.4, 0.5) is 10.2 Å². The molecule has 0 spiro atoms. The van der Waals surface area contributed by atoms with Crippen molar-refractivity contribution in [3.63, 3.8) is 0 Å². The summed E-state index contributed by atoms with van der Waals surface area (Å²) in [5, 5.41) is 0. The first kappa shape index (κ1) is 17.2. The second-order valence-electron chi connectivity index (χ2n) is 7.20. The number of aromatic nitrogens is 1. The Labute approximate surface area is 144 Å². The van der Waals surface area contributed by atoms with Gasteiger partial charge in [-0.3, -0.25) is 4.79 Å². The Hall–Kier alpha value is -1.65. The second kappa shape index (κ2) is 8.45. The molecule has 0 aromatic carbocycles. The minimum absolute atomic E-state index is 0.418. The van der Waals surface area contributed by atoms with E-state index in [0.29, 0.717) is 12.0 Å². The molecule has 1 aliphatic heterocycles. The van der Waals surface area contributed by atoms with Gasteiger partial charge in [-0.15, -0.1) is 0 Å². The molecule has 24 heavy (non-hydrogen) atoms. The SMILES string of the molecule is O=CN(CCC1CCCN(c2cccc(F)n2)C1)C1CCCCC1. The van der Waals surface area contributed by atoms with Crippen molar-refractivity contribution in [1.29, 1.82) is 0 Å². The van der Waals surface area contributed by atoms with Gasteiger partial charge < -0.3 is 9.80 Å².